The largest absolute Gasteiger partial charge is 0.370 e. The number of sulfonamides is 1. The van der Waals surface area contributed by atoms with Gasteiger partial charge >= 0.3 is 0 Å². The SMILES string of the molecule is Cc1noc(C=C[NH+]2CCOCC2)c1S(=O)(=O)N(C)CC(=O)N1CCc2ccccc21. The first kappa shape index (κ1) is 21.7. The molecule has 0 spiro atoms. The molecule has 0 unspecified atom stereocenters. The van der Waals surface area contributed by atoms with Gasteiger partial charge in [0, 0.05) is 25.4 Å². The zero-order valence-electron chi connectivity index (χ0n) is 17.7. The van der Waals surface area contributed by atoms with Crippen molar-refractivity contribution in [1.82, 2.24) is 9.46 Å². The van der Waals surface area contributed by atoms with Gasteiger partial charge in [0.2, 0.25) is 15.9 Å². The molecule has 0 saturated carbocycles. The van der Waals surface area contributed by atoms with E-state index in [0.29, 0.717) is 19.8 Å². The number of morpholine rings is 1. The summed E-state index contributed by atoms with van der Waals surface area (Å²) in [5, 5.41) is 3.85. The molecule has 2 aliphatic heterocycles. The van der Waals surface area contributed by atoms with Crippen LogP contribution < -0.4 is 9.80 Å². The van der Waals surface area contributed by atoms with Crippen molar-refractivity contribution in [3.8, 4) is 0 Å². The van der Waals surface area contributed by atoms with E-state index in [2.05, 4.69) is 5.16 Å². The number of nitrogens with zero attached hydrogens (tertiary/aromatic N) is 3. The van der Waals surface area contributed by atoms with Gasteiger partial charge in [-0.05, 0) is 25.0 Å². The average molecular weight is 448 g/mol. The number of aryl methyl sites for hydroxylation is 1. The maximum absolute atomic E-state index is 13.3. The maximum Gasteiger partial charge on any atom is 0.249 e. The van der Waals surface area contributed by atoms with Crippen LogP contribution in [0.2, 0.25) is 0 Å². The Bertz CT molecular complexity index is 1090. The number of amides is 1. The van der Waals surface area contributed by atoms with Crippen LogP contribution in [0.5, 0.6) is 0 Å². The van der Waals surface area contributed by atoms with Crippen molar-refractivity contribution in [1.29, 1.82) is 0 Å². The first-order valence-electron chi connectivity index (χ1n) is 10.3. The number of fused-ring (bicyclic) bond motifs is 1. The molecule has 9 nitrogen and oxygen atoms in total. The molecule has 0 bridgehead atoms. The van der Waals surface area contributed by atoms with Crippen LogP contribution in [0.25, 0.3) is 6.08 Å². The number of aromatic nitrogens is 1. The van der Waals surface area contributed by atoms with E-state index in [1.807, 2.05) is 30.5 Å². The van der Waals surface area contributed by atoms with Crippen molar-refractivity contribution in [2.75, 3.05) is 51.3 Å². The number of nitrogens with one attached hydrogen (secondary N) is 1. The number of benzene rings is 1. The number of ether oxygens (including phenoxy) is 1. The molecule has 1 N–H and O–H groups in total. The number of likely N-dealkylation sites (N-methyl/N-ethyl adjacent to an activating group) is 1. The number of anilines is 1. The van der Waals surface area contributed by atoms with E-state index in [9.17, 15) is 13.2 Å². The van der Waals surface area contributed by atoms with Crippen molar-refractivity contribution < 1.29 is 27.4 Å². The van der Waals surface area contributed by atoms with Crippen molar-refractivity contribution in [3.05, 3.63) is 47.5 Å². The van der Waals surface area contributed by atoms with Crippen LogP contribution in [0, 0.1) is 6.92 Å². The third-order valence-electron chi connectivity index (χ3n) is 5.65. The van der Waals surface area contributed by atoms with E-state index in [1.54, 1.807) is 17.9 Å². The number of para-hydroxylation sites is 1. The Hall–Kier alpha value is -2.53. The summed E-state index contributed by atoms with van der Waals surface area (Å²) in [6.45, 7) is 4.79. The van der Waals surface area contributed by atoms with Crippen LogP contribution in [0.3, 0.4) is 0 Å². The Morgan fingerprint density at radius 2 is 2.03 bits per heavy atom. The summed E-state index contributed by atoms with van der Waals surface area (Å²) >= 11 is 0. The van der Waals surface area contributed by atoms with Gasteiger partial charge in [0.15, 0.2) is 10.7 Å². The number of rotatable bonds is 6. The third-order valence-corrected chi connectivity index (χ3v) is 7.62. The molecule has 0 aliphatic carbocycles. The standard InChI is InChI=1S/C21H26N4O5S/c1-16-21(19(30-22-16)8-9-24-11-13-29-14-12-24)31(27,28)23(2)15-20(26)25-10-7-17-5-3-4-6-18(17)25/h3-6,8-9H,7,10-15H2,1-2H3/p+1. The molecule has 2 aromatic rings. The van der Waals surface area contributed by atoms with Crippen molar-refractivity contribution in [2.24, 2.45) is 0 Å². The molecule has 1 fully saturated rings. The molecule has 3 heterocycles. The second-order valence-electron chi connectivity index (χ2n) is 7.75. The monoisotopic (exact) mass is 447 g/mol. The molecule has 1 aromatic carbocycles. The first-order chi connectivity index (χ1) is 14.9. The molecular formula is C21H27N4O5S+. The minimum Gasteiger partial charge on any atom is -0.370 e. The lowest BCUT2D eigenvalue weighted by atomic mass is 10.2. The Kier molecular flexibility index (Phi) is 6.24. The Labute approximate surface area is 181 Å². The zero-order valence-corrected chi connectivity index (χ0v) is 18.5. The fourth-order valence-corrected chi connectivity index (χ4v) is 5.27. The summed E-state index contributed by atoms with van der Waals surface area (Å²) in [4.78, 5) is 15.7. The minimum absolute atomic E-state index is 0.00599. The summed E-state index contributed by atoms with van der Waals surface area (Å²) in [6, 6.07) is 7.68. The summed E-state index contributed by atoms with van der Waals surface area (Å²) < 4.78 is 38.2. The third kappa shape index (κ3) is 4.42. The molecule has 2 aliphatic rings. The van der Waals surface area contributed by atoms with Gasteiger partial charge in [-0.3, -0.25) is 4.79 Å². The van der Waals surface area contributed by atoms with Crippen molar-refractivity contribution >= 4 is 27.7 Å². The van der Waals surface area contributed by atoms with Gasteiger partial charge in [0.05, 0.1) is 26.0 Å². The van der Waals surface area contributed by atoms with Crippen LogP contribution in [0.4, 0.5) is 5.69 Å². The number of carbonyl (C=O) groups is 1. The molecule has 0 atom stereocenters. The van der Waals surface area contributed by atoms with E-state index in [4.69, 9.17) is 9.26 Å². The molecule has 1 saturated heterocycles. The minimum atomic E-state index is -3.97. The predicted molar refractivity (Wildman–Crippen MR) is 114 cm³/mol. The smallest absolute Gasteiger partial charge is 0.249 e. The van der Waals surface area contributed by atoms with E-state index in [0.717, 1.165) is 35.1 Å². The molecule has 10 heteroatoms. The van der Waals surface area contributed by atoms with Crippen molar-refractivity contribution in [3.63, 3.8) is 0 Å². The van der Waals surface area contributed by atoms with Crippen LogP contribution in [-0.2, 0) is 26.0 Å². The highest BCUT2D eigenvalue weighted by Gasteiger charge is 2.33. The molecular weight excluding hydrogens is 420 g/mol. The number of quaternary nitrogens is 1. The molecule has 1 amide bonds. The van der Waals surface area contributed by atoms with Gasteiger partial charge in [0.25, 0.3) is 0 Å². The molecule has 4 rings (SSSR count). The normalized spacial score (nSPS) is 17.6. The second kappa shape index (κ2) is 8.91. The zero-order chi connectivity index (χ0) is 22.0. The molecule has 1 aromatic heterocycles. The van der Waals surface area contributed by atoms with E-state index >= 15 is 0 Å². The molecule has 166 valence electrons. The fourth-order valence-electron chi connectivity index (χ4n) is 3.91. The average Bonchev–Trinajstić information content (AvgIpc) is 3.36. The topological polar surface area (TPSA) is 97.4 Å². The quantitative estimate of drug-likeness (QED) is 0.674. The van der Waals surface area contributed by atoms with Crippen LogP contribution in [0.15, 0.2) is 39.9 Å². The lowest BCUT2D eigenvalue weighted by Gasteiger charge is -2.22. The van der Waals surface area contributed by atoms with Gasteiger partial charge < -0.3 is 19.1 Å². The second-order valence-corrected chi connectivity index (χ2v) is 9.73. The number of carbonyl (C=O) groups excluding carboxylic acids is 1. The van der Waals surface area contributed by atoms with Crippen LogP contribution >= 0.6 is 0 Å². The van der Waals surface area contributed by atoms with Gasteiger partial charge in [-0.15, -0.1) is 0 Å². The Balaban J connectivity index is 1.51. The van der Waals surface area contributed by atoms with Gasteiger partial charge in [-0.1, -0.05) is 23.4 Å². The summed E-state index contributed by atoms with van der Waals surface area (Å²) in [5.41, 5.74) is 2.20. The molecule has 31 heavy (non-hydrogen) atoms. The van der Waals surface area contributed by atoms with E-state index < -0.39 is 10.0 Å². The summed E-state index contributed by atoms with van der Waals surface area (Å²) in [5.74, 6) is -0.0951. The van der Waals surface area contributed by atoms with Gasteiger partial charge in [-0.2, -0.15) is 4.31 Å². The lowest BCUT2D eigenvalue weighted by Crippen LogP contribution is -3.09. The maximum atomic E-state index is 13.3. The Morgan fingerprint density at radius 3 is 2.81 bits per heavy atom. The van der Waals surface area contributed by atoms with E-state index in [1.165, 1.54) is 11.9 Å². The number of hydrogen-bond acceptors (Lipinski definition) is 6. The number of hydrogen-bond donors (Lipinski definition) is 1. The van der Waals surface area contributed by atoms with Gasteiger partial charge in [-0.25, -0.2) is 8.42 Å². The highest BCUT2D eigenvalue weighted by molar-refractivity contribution is 7.89. The molecule has 0 radical (unpaired) electrons. The highest BCUT2D eigenvalue weighted by atomic mass is 32.2. The predicted octanol–water partition coefficient (Wildman–Crippen LogP) is 0.0786. The van der Waals surface area contributed by atoms with Crippen molar-refractivity contribution in [2.45, 2.75) is 18.2 Å². The Morgan fingerprint density at radius 1 is 1.29 bits per heavy atom. The highest BCUT2D eigenvalue weighted by Crippen LogP contribution is 2.28. The first-order valence-corrected chi connectivity index (χ1v) is 11.7. The summed E-state index contributed by atoms with van der Waals surface area (Å²) in [7, 11) is -2.56. The fraction of sp³-hybridized carbons (Fsp3) is 0.429. The lowest BCUT2D eigenvalue weighted by molar-refractivity contribution is -0.855. The van der Waals surface area contributed by atoms with E-state index in [-0.39, 0.29) is 28.8 Å². The van der Waals surface area contributed by atoms with Crippen LogP contribution in [0.1, 0.15) is 17.0 Å². The van der Waals surface area contributed by atoms with Crippen LogP contribution in [-0.4, -0.2) is 70.2 Å². The van der Waals surface area contributed by atoms with Gasteiger partial charge in [0.1, 0.15) is 18.8 Å². The summed E-state index contributed by atoms with van der Waals surface area (Å²) in [6.07, 6.45) is 4.27.